The Kier molecular flexibility index (Phi) is 16.0. The number of carbonyl (C=O) groups excluding carboxylic acids is 3. The molecule has 2 rings (SSSR count). The van der Waals surface area contributed by atoms with Gasteiger partial charge in [0.15, 0.2) is 0 Å². The molecular formula is C20H22K2N6O8. The molecule has 6 N–H and O–H groups in total. The molecule has 14 nitrogen and oxygen atoms in total. The number of amides is 1. The van der Waals surface area contributed by atoms with Crippen LogP contribution >= 0.6 is 0 Å². The smallest absolute Gasteiger partial charge is 0.550 e. The number of nitrogen functional groups attached to an aromatic ring is 2. The molecule has 0 bridgehead atoms. The summed E-state index contributed by atoms with van der Waals surface area (Å²) < 4.78 is 0. The van der Waals surface area contributed by atoms with Crippen molar-refractivity contribution in [1.29, 1.82) is 0 Å². The number of aliphatic carboxylic acids is 2. The number of carboxylic acid groups (broad SMARTS) is 2. The molecule has 0 fully saturated rings. The van der Waals surface area contributed by atoms with E-state index in [0.717, 1.165) is 0 Å². The van der Waals surface area contributed by atoms with Gasteiger partial charge in [-0.3, -0.25) is 24.7 Å². The van der Waals surface area contributed by atoms with Crippen molar-refractivity contribution in [3.05, 3.63) is 61.4 Å². The van der Waals surface area contributed by atoms with Crippen LogP contribution in [-0.2, 0) is 16.0 Å². The molecule has 36 heavy (non-hydrogen) atoms. The van der Waals surface area contributed by atoms with Crippen LogP contribution in [0.1, 0.15) is 46.7 Å². The van der Waals surface area contributed by atoms with Gasteiger partial charge in [-0.25, -0.2) is 0 Å². The summed E-state index contributed by atoms with van der Waals surface area (Å²) in [7, 11) is 0. The second-order valence-electron chi connectivity index (χ2n) is 7.45. The van der Waals surface area contributed by atoms with Crippen molar-refractivity contribution in [3.8, 4) is 0 Å². The third-order valence-electron chi connectivity index (χ3n) is 5.01. The quantitative estimate of drug-likeness (QED) is 0.109. The maximum Gasteiger partial charge on any atom is 1.00 e. The molecule has 0 aliphatic carbocycles. The molecule has 1 aromatic heterocycles. The average Bonchev–Trinajstić information content (AvgIpc) is 2.73. The third-order valence-corrected chi connectivity index (χ3v) is 5.01. The fourth-order valence-electron chi connectivity index (χ4n) is 3.34. The number of aromatic amines is 1. The molecule has 1 amide bonds. The van der Waals surface area contributed by atoms with E-state index in [1.54, 1.807) is 12.1 Å². The van der Waals surface area contributed by atoms with Gasteiger partial charge in [-0.15, -0.1) is 0 Å². The van der Waals surface area contributed by atoms with E-state index in [0.29, 0.717) is 5.56 Å². The van der Waals surface area contributed by atoms with E-state index >= 15 is 0 Å². The number of anilines is 2. The number of aromatic nitrogens is 2. The third kappa shape index (κ3) is 11.0. The van der Waals surface area contributed by atoms with Gasteiger partial charge in [0, 0.05) is 16.5 Å². The van der Waals surface area contributed by atoms with E-state index < -0.39 is 59.7 Å². The Bertz CT molecular complexity index is 1140. The standard InChI is InChI=1S/C20H24N6O8.2K/c21-16-15(18(30)25-20(22)24-16)12(9-26(33)34)6-3-10-1-4-11(5-2-10)17(29)23-13(19(31)32)7-8-14(27)28;;/h1-2,4-5,12-13H,3,6-9H2,(H,23,29)(H,27,28)(H,31,32)(H5,21,22,24,25,30);;/q;2*+1/p-2/t12?,13-;;/m0../s1. The van der Waals surface area contributed by atoms with Crippen molar-refractivity contribution in [1.82, 2.24) is 15.3 Å². The maximum absolute atomic E-state index is 12.3. The predicted molar refractivity (Wildman–Crippen MR) is 114 cm³/mol. The second kappa shape index (κ2) is 16.6. The Hall–Kier alpha value is -1.22. The maximum atomic E-state index is 12.3. The predicted octanol–water partition coefficient (Wildman–Crippen LogP) is -8.69. The van der Waals surface area contributed by atoms with E-state index in [2.05, 4.69) is 15.3 Å². The Morgan fingerprint density at radius 1 is 1.08 bits per heavy atom. The van der Waals surface area contributed by atoms with Crippen LogP contribution in [0.5, 0.6) is 0 Å². The van der Waals surface area contributed by atoms with Gasteiger partial charge < -0.3 is 36.6 Å². The minimum absolute atomic E-state index is 0. The van der Waals surface area contributed by atoms with Crippen LogP contribution in [0.25, 0.3) is 0 Å². The largest absolute Gasteiger partial charge is 1.00 e. The Balaban J connectivity index is 0.00000612. The minimum Gasteiger partial charge on any atom is -0.550 e. The summed E-state index contributed by atoms with van der Waals surface area (Å²) in [4.78, 5) is 62.7. The number of nitrogens with zero attached hydrogens (tertiary/aromatic N) is 2. The molecule has 0 aliphatic heterocycles. The van der Waals surface area contributed by atoms with Crippen LogP contribution in [0.15, 0.2) is 29.1 Å². The van der Waals surface area contributed by atoms with E-state index in [1.807, 2.05) is 0 Å². The number of nitro groups is 1. The number of carboxylic acids is 2. The molecule has 0 saturated carbocycles. The number of aryl methyl sites for hydroxylation is 1. The first-order valence-electron chi connectivity index (χ1n) is 10.0. The molecule has 1 heterocycles. The van der Waals surface area contributed by atoms with Gasteiger partial charge >= 0.3 is 103 Å². The van der Waals surface area contributed by atoms with Gasteiger partial charge in [0.2, 0.25) is 12.5 Å². The summed E-state index contributed by atoms with van der Waals surface area (Å²) in [5.41, 5.74) is 11.3. The van der Waals surface area contributed by atoms with Crippen LogP contribution in [0.3, 0.4) is 0 Å². The van der Waals surface area contributed by atoms with Crippen LogP contribution in [0.4, 0.5) is 11.8 Å². The van der Waals surface area contributed by atoms with Crippen molar-refractivity contribution in [2.24, 2.45) is 0 Å². The number of benzene rings is 1. The summed E-state index contributed by atoms with van der Waals surface area (Å²) in [6, 6.07) is 4.42. The Labute approximate surface area is 290 Å². The first-order valence-corrected chi connectivity index (χ1v) is 10.0. The normalized spacial score (nSPS) is 11.8. The number of hydrogen-bond donors (Lipinski definition) is 4. The average molecular weight is 553 g/mol. The summed E-state index contributed by atoms with van der Waals surface area (Å²) in [6.45, 7) is -0.560. The van der Waals surface area contributed by atoms with E-state index in [1.165, 1.54) is 12.1 Å². The number of rotatable bonds is 12. The summed E-state index contributed by atoms with van der Waals surface area (Å²) in [5.74, 6) is -5.09. The van der Waals surface area contributed by atoms with Crippen LogP contribution in [0, 0.1) is 10.1 Å². The van der Waals surface area contributed by atoms with Crippen LogP contribution in [0.2, 0.25) is 0 Å². The van der Waals surface area contributed by atoms with E-state index in [4.69, 9.17) is 11.5 Å². The van der Waals surface area contributed by atoms with Crippen LogP contribution < -0.4 is 135 Å². The summed E-state index contributed by atoms with van der Waals surface area (Å²) in [5, 5.41) is 34.9. The number of H-pyrrole nitrogens is 1. The zero-order chi connectivity index (χ0) is 25.4. The van der Waals surface area contributed by atoms with Crippen molar-refractivity contribution in [3.63, 3.8) is 0 Å². The zero-order valence-electron chi connectivity index (χ0n) is 19.8. The van der Waals surface area contributed by atoms with Gasteiger partial charge in [-0.1, -0.05) is 12.1 Å². The summed E-state index contributed by atoms with van der Waals surface area (Å²) >= 11 is 0. The molecule has 0 aliphatic rings. The molecule has 1 unspecified atom stereocenters. The van der Waals surface area contributed by atoms with Crippen molar-refractivity contribution >= 4 is 29.6 Å². The molecule has 182 valence electrons. The van der Waals surface area contributed by atoms with Gasteiger partial charge in [-0.05, 0) is 43.4 Å². The van der Waals surface area contributed by atoms with E-state index in [9.17, 15) is 39.5 Å². The van der Waals surface area contributed by atoms with Gasteiger partial charge in [0.1, 0.15) is 5.82 Å². The van der Waals surface area contributed by atoms with Gasteiger partial charge in [0.25, 0.3) is 11.5 Å². The molecule has 2 atom stereocenters. The van der Waals surface area contributed by atoms with Crippen molar-refractivity contribution in [2.75, 3.05) is 18.0 Å². The molecular weight excluding hydrogens is 530 g/mol. The SMILES string of the molecule is Nc1nc(N)c(C(CCc2ccc(C(=O)N[C@@H](CCC(=O)[O-])C(=O)[O-])cc2)C[N+](=O)[O-])c(=O)[nH]1.[K+].[K+]. The molecule has 0 spiro atoms. The van der Waals surface area contributed by atoms with Crippen LogP contribution in [-0.4, -0.2) is 45.3 Å². The monoisotopic (exact) mass is 552 g/mol. The number of carbonyl (C=O) groups is 3. The minimum atomic E-state index is -1.63. The zero-order valence-corrected chi connectivity index (χ0v) is 26.1. The first-order chi connectivity index (χ1) is 16.0. The Morgan fingerprint density at radius 3 is 2.19 bits per heavy atom. The summed E-state index contributed by atoms with van der Waals surface area (Å²) in [6.07, 6.45) is -0.507. The molecule has 2 aromatic rings. The fourth-order valence-corrected chi connectivity index (χ4v) is 3.34. The number of nitrogens with two attached hydrogens (primary N) is 2. The number of hydrogen-bond acceptors (Lipinski definition) is 11. The molecule has 0 saturated heterocycles. The van der Waals surface area contributed by atoms with Crippen molar-refractivity contribution < 1.29 is 132 Å². The molecule has 16 heteroatoms. The number of nitrogens with one attached hydrogen (secondary N) is 2. The fraction of sp³-hybridized carbons (Fsp3) is 0.350. The van der Waals surface area contributed by atoms with Gasteiger partial charge in [0.05, 0.1) is 23.5 Å². The van der Waals surface area contributed by atoms with E-state index in [-0.39, 0.29) is 139 Å². The molecule has 0 radical (unpaired) electrons. The van der Waals surface area contributed by atoms with Gasteiger partial charge in [-0.2, -0.15) is 4.98 Å². The second-order valence-corrected chi connectivity index (χ2v) is 7.45. The topological polar surface area (TPSA) is 250 Å². The Morgan fingerprint density at radius 2 is 1.69 bits per heavy atom. The first kappa shape index (κ1) is 34.8. The van der Waals surface area contributed by atoms with Crippen molar-refractivity contribution in [2.45, 2.75) is 37.6 Å². The molecule has 1 aromatic carbocycles.